The average Bonchev–Trinajstić information content (AvgIpc) is 2.94. The molecule has 0 bridgehead atoms. The molecule has 110 valence electrons. The van der Waals surface area contributed by atoms with Crippen molar-refractivity contribution in [2.75, 3.05) is 13.2 Å². The van der Waals surface area contributed by atoms with Crippen LogP contribution in [0.25, 0.3) is 11.5 Å². The van der Waals surface area contributed by atoms with E-state index < -0.39 is 11.9 Å². The number of benzene rings is 1. The molecule has 1 aromatic heterocycles. The van der Waals surface area contributed by atoms with Crippen molar-refractivity contribution in [1.29, 1.82) is 0 Å². The Kier molecular flexibility index (Phi) is 4.71. The first-order chi connectivity index (χ1) is 10.2. The summed E-state index contributed by atoms with van der Waals surface area (Å²) >= 11 is 0. The third-order valence-electron chi connectivity index (χ3n) is 2.58. The number of aromatic nitrogens is 1. The summed E-state index contributed by atoms with van der Waals surface area (Å²) in [6.07, 6.45) is 0. The van der Waals surface area contributed by atoms with E-state index in [0.717, 1.165) is 0 Å². The highest BCUT2D eigenvalue weighted by atomic mass is 16.6. The zero-order valence-electron chi connectivity index (χ0n) is 11.8. The number of nitrogens with zero attached hydrogens (tertiary/aromatic N) is 1. The highest BCUT2D eigenvalue weighted by Gasteiger charge is 2.28. The van der Waals surface area contributed by atoms with Crippen molar-refractivity contribution >= 4 is 11.9 Å². The van der Waals surface area contributed by atoms with Crippen LogP contribution in [0.4, 0.5) is 0 Å². The predicted octanol–water partition coefficient (Wildman–Crippen LogP) is 2.70. The molecule has 0 spiro atoms. The fraction of sp³-hybridized carbons (Fsp3) is 0.267. The first-order valence-corrected chi connectivity index (χ1v) is 6.57. The Morgan fingerprint density at radius 1 is 1.05 bits per heavy atom. The highest BCUT2D eigenvalue weighted by Crippen LogP contribution is 2.23. The molecule has 6 nitrogen and oxygen atoms in total. The van der Waals surface area contributed by atoms with E-state index in [4.69, 9.17) is 13.9 Å². The Hall–Kier alpha value is -2.63. The molecular weight excluding hydrogens is 274 g/mol. The monoisotopic (exact) mass is 289 g/mol. The van der Waals surface area contributed by atoms with E-state index in [1.807, 2.05) is 6.07 Å². The lowest BCUT2D eigenvalue weighted by molar-refractivity contribution is 0.0450. The summed E-state index contributed by atoms with van der Waals surface area (Å²) in [5, 5.41) is 0. The first kappa shape index (κ1) is 14.8. The molecule has 6 heteroatoms. The van der Waals surface area contributed by atoms with Crippen molar-refractivity contribution in [2.24, 2.45) is 0 Å². The molecule has 0 unspecified atom stereocenters. The summed E-state index contributed by atoms with van der Waals surface area (Å²) in [6.45, 7) is 3.67. The van der Waals surface area contributed by atoms with E-state index in [1.165, 1.54) is 0 Å². The van der Waals surface area contributed by atoms with E-state index in [1.54, 1.807) is 38.1 Å². The van der Waals surface area contributed by atoms with E-state index in [-0.39, 0.29) is 30.6 Å². The maximum Gasteiger partial charge on any atom is 0.376 e. The normalized spacial score (nSPS) is 10.2. The minimum atomic E-state index is -0.741. The quantitative estimate of drug-likeness (QED) is 0.787. The number of ether oxygens (including phenoxy) is 2. The van der Waals surface area contributed by atoms with Gasteiger partial charge in [0.15, 0.2) is 0 Å². The van der Waals surface area contributed by atoms with Gasteiger partial charge in [0.25, 0.3) is 0 Å². The van der Waals surface area contributed by atoms with Gasteiger partial charge in [-0.3, -0.25) is 0 Å². The number of esters is 2. The SMILES string of the molecule is CCOC(=O)c1nc(-c2ccccc2)oc1C(=O)OCC. The molecule has 0 aliphatic rings. The number of rotatable bonds is 5. The van der Waals surface area contributed by atoms with Crippen LogP contribution in [0.5, 0.6) is 0 Å². The lowest BCUT2D eigenvalue weighted by atomic mass is 10.2. The largest absolute Gasteiger partial charge is 0.461 e. The third-order valence-corrected chi connectivity index (χ3v) is 2.58. The van der Waals surface area contributed by atoms with Gasteiger partial charge in [-0.15, -0.1) is 0 Å². The van der Waals surface area contributed by atoms with Crippen LogP contribution in [0, 0.1) is 0 Å². The van der Waals surface area contributed by atoms with Crippen LogP contribution < -0.4 is 0 Å². The molecule has 2 aromatic rings. The standard InChI is InChI=1S/C15H15NO5/c1-3-19-14(17)11-12(15(18)20-4-2)21-13(16-11)10-8-6-5-7-9-10/h5-9H,3-4H2,1-2H3. The number of carbonyl (C=O) groups excluding carboxylic acids is 2. The second kappa shape index (κ2) is 6.69. The van der Waals surface area contributed by atoms with Gasteiger partial charge in [0, 0.05) is 5.56 Å². The van der Waals surface area contributed by atoms with Gasteiger partial charge in [-0.05, 0) is 26.0 Å². The molecule has 1 aromatic carbocycles. The second-order valence-electron chi connectivity index (χ2n) is 4.00. The molecule has 0 aliphatic carbocycles. The van der Waals surface area contributed by atoms with Crippen LogP contribution in [0.15, 0.2) is 34.7 Å². The summed E-state index contributed by atoms with van der Waals surface area (Å²) in [5.74, 6) is -1.53. The van der Waals surface area contributed by atoms with Crippen LogP contribution in [0.1, 0.15) is 34.9 Å². The predicted molar refractivity (Wildman–Crippen MR) is 73.9 cm³/mol. The summed E-state index contributed by atoms with van der Waals surface area (Å²) in [6, 6.07) is 8.96. The zero-order valence-corrected chi connectivity index (χ0v) is 11.8. The van der Waals surface area contributed by atoms with Crippen molar-refractivity contribution in [3.63, 3.8) is 0 Å². The topological polar surface area (TPSA) is 78.6 Å². The Morgan fingerprint density at radius 2 is 1.67 bits per heavy atom. The molecule has 0 radical (unpaired) electrons. The van der Waals surface area contributed by atoms with Gasteiger partial charge in [0.2, 0.25) is 17.3 Å². The van der Waals surface area contributed by atoms with Crippen LogP contribution in [0.3, 0.4) is 0 Å². The Morgan fingerprint density at radius 3 is 2.29 bits per heavy atom. The molecule has 21 heavy (non-hydrogen) atoms. The Labute approximate surface area is 121 Å². The minimum Gasteiger partial charge on any atom is -0.461 e. The van der Waals surface area contributed by atoms with Gasteiger partial charge < -0.3 is 13.9 Å². The van der Waals surface area contributed by atoms with Gasteiger partial charge in [-0.25, -0.2) is 14.6 Å². The lowest BCUT2D eigenvalue weighted by Crippen LogP contribution is -2.12. The van der Waals surface area contributed by atoms with Gasteiger partial charge in [0.05, 0.1) is 13.2 Å². The molecule has 1 heterocycles. The molecule has 0 N–H and O–H groups in total. The van der Waals surface area contributed by atoms with Gasteiger partial charge in [0.1, 0.15) is 0 Å². The molecule has 0 amide bonds. The molecule has 0 saturated carbocycles. The lowest BCUT2D eigenvalue weighted by Gasteiger charge is -2.00. The zero-order chi connectivity index (χ0) is 15.2. The van der Waals surface area contributed by atoms with Crippen molar-refractivity contribution in [2.45, 2.75) is 13.8 Å². The molecule has 0 atom stereocenters. The summed E-state index contributed by atoms with van der Waals surface area (Å²) in [7, 11) is 0. The van der Waals surface area contributed by atoms with E-state index in [0.29, 0.717) is 5.56 Å². The van der Waals surface area contributed by atoms with Crippen molar-refractivity contribution in [3.8, 4) is 11.5 Å². The average molecular weight is 289 g/mol. The minimum absolute atomic E-state index is 0.168. The van der Waals surface area contributed by atoms with Gasteiger partial charge in [-0.2, -0.15) is 0 Å². The molecular formula is C15H15NO5. The summed E-state index contributed by atoms with van der Waals surface area (Å²) < 4.78 is 15.1. The highest BCUT2D eigenvalue weighted by molar-refractivity contribution is 6.00. The van der Waals surface area contributed by atoms with E-state index in [9.17, 15) is 9.59 Å². The molecule has 2 rings (SSSR count). The molecule has 0 aliphatic heterocycles. The number of carbonyl (C=O) groups is 2. The molecule has 0 saturated heterocycles. The summed E-state index contributed by atoms with van der Waals surface area (Å²) in [5.41, 5.74) is 0.479. The Balaban J connectivity index is 2.44. The van der Waals surface area contributed by atoms with Crippen LogP contribution in [0.2, 0.25) is 0 Å². The number of hydrogen-bond donors (Lipinski definition) is 0. The number of oxazole rings is 1. The first-order valence-electron chi connectivity index (χ1n) is 6.57. The second-order valence-corrected chi connectivity index (χ2v) is 4.00. The van der Waals surface area contributed by atoms with Crippen molar-refractivity contribution in [3.05, 3.63) is 41.8 Å². The number of hydrogen-bond acceptors (Lipinski definition) is 6. The summed E-state index contributed by atoms with van der Waals surface area (Å²) in [4.78, 5) is 27.8. The smallest absolute Gasteiger partial charge is 0.376 e. The third kappa shape index (κ3) is 3.28. The van der Waals surface area contributed by atoms with Crippen LogP contribution >= 0.6 is 0 Å². The van der Waals surface area contributed by atoms with E-state index in [2.05, 4.69) is 4.98 Å². The maximum absolute atomic E-state index is 11.9. The van der Waals surface area contributed by atoms with Gasteiger partial charge >= 0.3 is 11.9 Å². The fourth-order valence-corrected chi connectivity index (χ4v) is 1.70. The molecule has 0 fully saturated rings. The van der Waals surface area contributed by atoms with Crippen molar-refractivity contribution < 1.29 is 23.5 Å². The van der Waals surface area contributed by atoms with Crippen molar-refractivity contribution in [1.82, 2.24) is 4.98 Å². The van der Waals surface area contributed by atoms with Crippen LogP contribution in [-0.4, -0.2) is 30.1 Å². The fourth-order valence-electron chi connectivity index (χ4n) is 1.70. The van der Waals surface area contributed by atoms with E-state index >= 15 is 0 Å². The Bertz CT molecular complexity index is 597. The maximum atomic E-state index is 11.9. The van der Waals surface area contributed by atoms with Gasteiger partial charge in [-0.1, -0.05) is 18.2 Å². The van der Waals surface area contributed by atoms with Crippen LogP contribution in [-0.2, 0) is 9.47 Å².